The highest BCUT2D eigenvalue weighted by molar-refractivity contribution is 5.96. The van der Waals surface area contributed by atoms with Crippen molar-refractivity contribution in [3.63, 3.8) is 0 Å². The zero-order chi connectivity index (χ0) is 39.8. The Morgan fingerprint density at radius 3 is 1.73 bits per heavy atom. The van der Waals surface area contributed by atoms with Gasteiger partial charge in [-0.3, -0.25) is 0 Å². The van der Waals surface area contributed by atoms with Crippen molar-refractivity contribution >= 4 is 17.1 Å². The van der Waals surface area contributed by atoms with Crippen molar-refractivity contribution in [3.05, 3.63) is 186 Å². The molecule has 0 heterocycles. The zero-order valence-electron chi connectivity index (χ0n) is 35.0. The molecule has 7 aromatic carbocycles. The van der Waals surface area contributed by atoms with Crippen LogP contribution in [0.3, 0.4) is 0 Å². The monoisotopic (exact) mass is 777 g/mol. The van der Waals surface area contributed by atoms with E-state index in [1.807, 2.05) is 0 Å². The molecule has 5 aliphatic rings. The van der Waals surface area contributed by atoms with Gasteiger partial charge in [0.1, 0.15) is 0 Å². The summed E-state index contributed by atoms with van der Waals surface area (Å²) in [4.78, 5) is 2.64. The summed E-state index contributed by atoms with van der Waals surface area (Å²) in [6, 6.07) is 63.1. The number of anilines is 3. The maximum Gasteiger partial charge on any atom is 0.0543 e. The Balaban J connectivity index is 1.04. The molecule has 2 spiro atoms. The molecule has 12 rings (SSSR count). The fourth-order valence-corrected chi connectivity index (χ4v) is 13.7. The molecular formula is C59H55N. The lowest BCUT2D eigenvalue weighted by Crippen LogP contribution is -2.49. The Bertz CT molecular complexity index is 2700. The first-order valence-corrected chi connectivity index (χ1v) is 23.2. The lowest BCUT2D eigenvalue weighted by Gasteiger charge is -2.55. The molecule has 0 radical (unpaired) electrons. The van der Waals surface area contributed by atoms with E-state index in [0.29, 0.717) is 11.8 Å². The van der Waals surface area contributed by atoms with Gasteiger partial charge in [0.05, 0.1) is 5.69 Å². The summed E-state index contributed by atoms with van der Waals surface area (Å²) in [5, 5.41) is 0. The number of hydrogen-bond acceptors (Lipinski definition) is 1. The number of hydrogen-bond donors (Lipinski definition) is 0. The highest BCUT2D eigenvalue weighted by Gasteiger charge is 2.58. The van der Waals surface area contributed by atoms with Crippen LogP contribution in [-0.2, 0) is 10.8 Å². The number of nitrogens with zero attached hydrogens (tertiary/aromatic N) is 1. The topological polar surface area (TPSA) is 3.24 Å². The lowest BCUT2D eigenvalue weighted by molar-refractivity contribution is 0.0492. The summed E-state index contributed by atoms with van der Waals surface area (Å²) in [7, 11) is 0. The van der Waals surface area contributed by atoms with Crippen LogP contribution in [0.4, 0.5) is 17.1 Å². The average molecular weight is 778 g/mol. The predicted molar refractivity (Wildman–Crippen MR) is 251 cm³/mol. The van der Waals surface area contributed by atoms with Crippen LogP contribution in [-0.4, -0.2) is 0 Å². The van der Waals surface area contributed by atoms with Crippen LogP contribution in [0.5, 0.6) is 0 Å². The fourth-order valence-electron chi connectivity index (χ4n) is 13.7. The second-order valence-corrected chi connectivity index (χ2v) is 18.9. The van der Waals surface area contributed by atoms with Crippen molar-refractivity contribution in [1.29, 1.82) is 0 Å². The molecule has 2 bridgehead atoms. The summed E-state index contributed by atoms with van der Waals surface area (Å²) in [5.41, 5.74) is 21.1. The minimum absolute atomic E-state index is 0.0896. The van der Waals surface area contributed by atoms with E-state index >= 15 is 0 Å². The van der Waals surface area contributed by atoms with Gasteiger partial charge in [0, 0.05) is 27.8 Å². The molecule has 0 amide bonds. The number of benzene rings is 7. The number of rotatable bonds is 6. The molecule has 3 saturated carbocycles. The molecule has 5 aliphatic carbocycles. The van der Waals surface area contributed by atoms with Gasteiger partial charge in [0.2, 0.25) is 0 Å². The van der Waals surface area contributed by atoms with E-state index in [-0.39, 0.29) is 10.8 Å². The van der Waals surface area contributed by atoms with E-state index in [2.05, 4.69) is 176 Å². The Morgan fingerprint density at radius 1 is 0.467 bits per heavy atom. The summed E-state index contributed by atoms with van der Waals surface area (Å²) >= 11 is 0. The second kappa shape index (κ2) is 14.2. The van der Waals surface area contributed by atoms with Crippen LogP contribution in [0.2, 0.25) is 0 Å². The van der Waals surface area contributed by atoms with Gasteiger partial charge in [-0.25, -0.2) is 0 Å². The first kappa shape index (κ1) is 36.2. The van der Waals surface area contributed by atoms with Crippen molar-refractivity contribution in [2.75, 3.05) is 4.90 Å². The molecule has 0 aromatic heterocycles. The van der Waals surface area contributed by atoms with Gasteiger partial charge in [-0.15, -0.1) is 0 Å². The van der Waals surface area contributed by atoms with Gasteiger partial charge < -0.3 is 4.90 Å². The number of fused-ring (bicyclic) bond motifs is 8. The second-order valence-electron chi connectivity index (χ2n) is 18.9. The predicted octanol–water partition coefficient (Wildman–Crippen LogP) is 16.2. The first-order valence-electron chi connectivity index (χ1n) is 23.2. The van der Waals surface area contributed by atoms with Gasteiger partial charge in [-0.1, -0.05) is 172 Å². The van der Waals surface area contributed by atoms with Crippen LogP contribution < -0.4 is 4.90 Å². The SMILES string of the molecule is CCC1CC2CCCC(C1)C21c2ccccc2-c2c(N(c3ccc(-c4ccc(-c5ccccc5)cc4)cc3)c3ccc4c(c3)C3(CCCCC3)c3ccccc3-4)cccc21. The van der Waals surface area contributed by atoms with Crippen molar-refractivity contribution in [2.24, 2.45) is 17.8 Å². The minimum atomic E-state index is 0.0896. The van der Waals surface area contributed by atoms with E-state index in [9.17, 15) is 0 Å². The molecule has 1 heteroatoms. The van der Waals surface area contributed by atoms with Crippen LogP contribution in [0.1, 0.15) is 99.8 Å². The third kappa shape index (κ3) is 5.30. The van der Waals surface area contributed by atoms with Gasteiger partial charge in [-0.05, 0) is 148 Å². The maximum atomic E-state index is 2.64. The quantitative estimate of drug-likeness (QED) is 0.163. The van der Waals surface area contributed by atoms with Gasteiger partial charge >= 0.3 is 0 Å². The largest absolute Gasteiger partial charge is 0.310 e. The van der Waals surface area contributed by atoms with Crippen LogP contribution >= 0.6 is 0 Å². The normalized spacial score (nSPS) is 22.9. The van der Waals surface area contributed by atoms with Gasteiger partial charge in [0.15, 0.2) is 0 Å². The molecule has 0 saturated heterocycles. The molecule has 0 N–H and O–H groups in total. The van der Waals surface area contributed by atoms with Crippen molar-refractivity contribution in [2.45, 2.75) is 88.4 Å². The van der Waals surface area contributed by atoms with Crippen molar-refractivity contribution in [1.82, 2.24) is 0 Å². The highest BCUT2D eigenvalue weighted by atomic mass is 15.1. The standard InChI is InChI=1S/C59H55N/c1-2-40-37-45-17-13-18-46(38-40)59(45)53-22-10-8-20-51(53)57-54(59)23-14-24-56(57)60(47-31-29-44(30-32-47)43-27-25-42(26-28-43)41-15-5-3-6-16-41)48-33-34-50-49-19-7-9-21-52(49)58(55(50)39-48)35-11-4-12-36-58/h3,5-10,14-16,19-34,39-40,45-46H,2,4,11-13,17-18,35-38H2,1H3. The zero-order valence-corrected chi connectivity index (χ0v) is 35.0. The molecule has 2 unspecified atom stereocenters. The fraction of sp³-hybridized carbons (Fsp3) is 0.288. The molecule has 3 fully saturated rings. The Kier molecular flexibility index (Phi) is 8.59. The Hall–Kier alpha value is -5.66. The first-order chi connectivity index (χ1) is 29.7. The molecule has 7 aromatic rings. The smallest absolute Gasteiger partial charge is 0.0543 e. The van der Waals surface area contributed by atoms with Crippen LogP contribution in [0.15, 0.2) is 164 Å². The Labute approximate surface area is 357 Å². The van der Waals surface area contributed by atoms with Gasteiger partial charge in [0.25, 0.3) is 0 Å². The molecule has 1 nitrogen and oxygen atoms in total. The Morgan fingerprint density at radius 2 is 1.03 bits per heavy atom. The minimum Gasteiger partial charge on any atom is -0.310 e. The molecule has 60 heavy (non-hydrogen) atoms. The van der Waals surface area contributed by atoms with E-state index < -0.39 is 0 Å². The van der Waals surface area contributed by atoms with Crippen molar-refractivity contribution in [3.8, 4) is 44.5 Å². The van der Waals surface area contributed by atoms with Crippen LogP contribution in [0, 0.1) is 17.8 Å². The van der Waals surface area contributed by atoms with Gasteiger partial charge in [-0.2, -0.15) is 0 Å². The highest BCUT2D eigenvalue weighted by Crippen LogP contribution is 2.67. The summed E-state index contributed by atoms with van der Waals surface area (Å²) in [5.74, 6) is 2.23. The van der Waals surface area contributed by atoms with Crippen molar-refractivity contribution < 1.29 is 0 Å². The molecule has 0 aliphatic heterocycles. The van der Waals surface area contributed by atoms with E-state index in [0.717, 1.165) is 5.92 Å². The maximum absolute atomic E-state index is 2.64. The summed E-state index contributed by atoms with van der Waals surface area (Å²) in [6.45, 7) is 2.43. The van der Waals surface area contributed by atoms with Crippen LogP contribution in [0.25, 0.3) is 44.5 Å². The lowest BCUT2D eigenvalue weighted by atomic mass is 9.49. The average Bonchev–Trinajstić information content (AvgIpc) is 3.74. The summed E-state index contributed by atoms with van der Waals surface area (Å²) in [6.07, 6.45) is 14.5. The van der Waals surface area contributed by atoms with E-state index in [4.69, 9.17) is 0 Å². The third-order valence-electron chi connectivity index (χ3n) is 16.2. The summed E-state index contributed by atoms with van der Waals surface area (Å²) < 4.78 is 0. The third-order valence-corrected chi connectivity index (χ3v) is 16.2. The van der Waals surface area contributed by atoms with E-state index in [1.165, 1.54) is 138 Å². The molecular weight excluding hydrogens is 723 g/mol. The molecule has 296 valence electrons. The van der Waals surface area contributed by atoms with E-state index in [1.54, 1.807) is 16.7 Å². The molecule has 2 atom stereocenters.